The van der Waals surface area contributed by atoms with E-state index in [9.17, 15) is 9.59 Å². The third-order valence-corrected chi connectivity index (χ3v) is 5.58. The lowest BCUT2D eigenvalue weighted by Crippen LogP contribution is -2.33. The summed E-state index contributed by atoms with van der Waals surface area (Å²) in [5.41, 5.74) is 3.97. The van der Waals surface area contributed by atoms with Crippen molar-refractivity contribution < 1.29 is 14.3 Å². The van der Waals surface area contributed by atoms with Gasteiger partial charge in [0.1, 0.15) is 0 Å². The van der Waals surface area contributed by atoms with Crippen LogP contribution in [-0.2, 0) is 14.3 Å². The molecule has 28 heavy (non-hydrogen) atoms. The van der Waals surface area contributed by atoms with Crippen molar-refractivity contribution in [1.29, 1.82) is 0 Å². The zero-order chi connectivity index (χ0) is 20.5. The van der Waals surface area contributed by atoms with Gasteiger partial charge in [-0.3, -0.25) is 4.79 Å². The molecule has 4 nitrogen and oxygen atoms in total. The Balaban J connectivity index is 2.63. The van der Waals surface area contributed by atoms with E-state index in [-0.39, 0.29) is 17.0 Å². The molecule has 0 spiro atoms. The predicted molar refractivity (Wildman–Crippen MR) is 117 cm³/mol. The lowest BCUT2D eigenvalue weighted by Gasteiger charge is -2.32. The largest absolute Gasteiger partial charge is 0.463 e. The van der Waals surface area contributed by atoms with Gasteiger partial charge in [-0.15, -0.1) is 0 Å². The van der Waals surface area contributed by atoms with Crippen LogP contribution in [0.5, 0.6) is 0 Å². The molecule has 0 saturated heterocycles. The summed E-state index contributed by atoms with van der Waals surface area (Å²) in [5.74, 6) is 0.111. The van der Waals surface area contributed by atoms with Crippen molar-refractivity contribution in [2.75, 3.05) is 12.4 Å². The lowest BCUT2D eigenvalue weighted by atomic mass is 9.81. The fraction of sp³-hybridized carbons (Fsp3) is 0.478. The summed E-state index contributed by atoms with van der Waals surface area (Å²) in [5, 5.41) is 3.53. The summed E-state index contributed by atoms with van der Waals surface area (Å²) in [7, 11) is 0. The molecule has 5 heteroatoms. The van der Waals surface area contributed by atoms with Crippen LogP contribution in [0.2, 0.25) is 0 Å². The number of thioether (sulfide) groups is 1. The van der Waals surface area contributed by atoms with Crippen LogP contribution < -0.4 is 5.32 Å². The maximum atomic E-state index is 13.0. The van der Waals surface area contributed by atoms with E-state index in [1.807, 2.05) is 44.2 Å². The number of unbranched alkanes of at least 4 members (excludes halogenated alkanes) is 1. The lowest BCUT2D eigenvalue weighted by molar-refractivity contribution is -0.139. The van der Waals surface area contributed by atoms with Crippen molar-refractivity contribution in [3.05, 3.63) is 52.7 Å². The van der Waals surface area contributed by atoms with E-state index in [0.29, 0.717) is 24.4 Å². The molecule has 152 valence electrons. The van der Waals surface area contributed by atoms with Crippen LogP contribution in [0, 0.1) is 5.92 Å². The number of hydrogen-bond acceptors (Lipinski definition) is 5. The zero-order valence-electron chi connectivity index (χ0n) is 17.3. The van der Waals surface area contributed by atoms with Gasteiger partial charge in [0.05, 0.1) is 17.9 Å². The fourth-order valence-electron chi connectivity index (χ4n) is 3.53. The average molecular weight is 402 g/mol. The molecule has 1 atom stereocenters. The van der Waals surface area contributed by atoms with Gasteiger partial charge < -0.3 is 10.1 Å². The van der Waals surface area contributed by atoms with Gasteiger partial charge in [-0.25, -0.2) is 4.79 Å². The number of ether oxygens (including phenoxy) is 1. The van der Waals surface area contributed by atoms with Gasteiger partial charge in [0.25, 0.3) is 0 Å². The Bertz CT molecular complexity index is 752. The molecule has 1 N–H and O–H groups in total. The summed E-state index contributed by atoms with van der Waals surface area (Å²) in [4.78, 5) is 25.9. The predicted octanol–water partition coefficient (Wildman–Crippen LogP) is 5.31. The van der Waals surface area contributed by atoms with E-state index in [0.717, 1.165) is 41.8 Å². The normalized spacial score (nSPS) is 16.8. The van der Waals surface area contributed by atoms with E-state index < -0.39 is 0 Å². The number of rotatable bonds is 9. The first-order chi connectivity index (χ1) is 13.6. The molecule has 0 radical (unpaired) electrons. The topological polar surface area (TPSA) is 55.4 Å². The number of benzene rings is 1. The van der Waals surface area contributed by atoms with Gasteiger partial charge in [-0.1, -0.05) is 69.3 Å². The van der Waals surface area contributed by atoms with Crippen LogP contribution in [0.15, 0.2) is 47.2 Å². The molecular formula is C23H31NO3S. The number of nitrogens with one attached hydrogen (secondary N) is 1. The summed E-state index contributed by atoms with van der Waals surface area (Å²) in [6, 6.07) is 9.83. The van der Waals surface area contributed by atoms with E-state index in [1.165, 1.54) is 11.8 Å². The molecule has 0 saturated carbocycles. The third kappa shape index (κ3) is 5.07. The highest BCUT2D eigenvalue weighted by molar-refractivity contribution is 8.14. The minimum absolute atomic E-state index is 0.0573. The van der Waals surface area contributed by atoms with Crippen molar-refractivity contribution in [2.24, 2.45) is 5.92 Å². The summed E-state index contributed by atoms with van der Waals surface area (Å²) in [6.07, 6.45) is 3.50. The summed E-state index contributed by atoms with van der Waals surface area (Å²) < 4.78 is 5.39. The molecule has 0 bridgehead atoms. The minimum Gasteiger partial charge on any atom is -0.463 e. The van der Waals surface area contributed by atoms with Crippen molar-refractivity contribution in [3.63, 3.8) is 0 Å². The van der Waals surface area contributed by atoms with Gasteiger partial charge in [0.2, 0.25) is 5.12 Å². The molecular weight excluding hydrogens is 370 g/mol. The van der Waals surface area contributed by atoms with Crippen molar-refractivity contribution >= 4 is 28.5 Å². The maximum Gasteiger partial charge on any atom is 0.336 e. The standard InChI is InChI=1S/C23H31NO3S/c1-5-9-15-18-19(23(26)28-8-4)17(6-2)20(22(25)27-7-3)21(24-18)16-13-11-10-12-14-16/h10-14,17,24H,5-9,15H2,1-4H3. The second-order valence-electron chi connectivity index (χ2n) is 6.68. The van der Waals surface area contributed by atoms with Crippen LogP contribution in [0.25, 0.3) is 5.70 Å². The van der Waals surface area contributed by atoms with E-state index in [4.69, 9.17) is 4.74 Å². The maximum absolute atomic E-state index is 13.0. The molecule has 1 heterocycles. The fourth-order valence-corrected chi connectivity index (χ4v) is 4.22. The second-order valence-corrected chi connectivity index (χ2v) is 7.91. The summed E-state index contributed by atoms with van der Waals surface area (Å²) in [6.45, 7) is 8.25. The van der Waals surface area contributed by atoms with Crippen LogP contribution >= 0.6 is 11.8 Å². The number of carbonyl (C=O) groups is 2. The van der Waals surface area contributed by atoms with Gasteiger partial charge in [0.15, 0.2) is 0 Å². The van der Waals surface area contributed by atoms with E-state index in [2.05, 4.69) is 12.2 Å². The highest BCUT2D eigenvalue weighted by atomic mass is 32.2. The SMILES string of the molecule is CCCCC1=C(C(=O)SCC)C(CC)C(C(=O)OCC)=C(c2ccccc2)N1. The average Bonchev–Trinajstić information content (AvgIpc) is 2.71. The first-order valence-electron chi connectivity index (χ1n) is 10.2. The molecule has 1 aromatic carbocycles. The Morgan fingerprint density at radius 1 is 1.07 bits per heavy atom. The van der Waals surface area contributed by atoms with Crippen LogP contribution in [0.3, 0.4) is 0 Å². The van der Waals surface area contributed by atoms with Gasteiger partial charge in [-0.05, 0) is 37.5 Å². The van der Waals surface area contributed by atoms with Crippen molar-refractivity contribution in [3.8, 4) is 0 Å². The third-order valence-electron chi connectivity index (χ3n) is 4.81. The molecule has 0 aromatic heterocycles. The van der Waals surface area contributed by atoms with Gasteiger partial charge in [0, 0.05) is 17.2 Å². The molecule has 2 rings (SSSR count). The number of allylic oxidation sites excluding steroid dienone is 1. The van der Waals surface area contributed by atoms with Crippen molar-refractivity contribution in [2.45, 2.75) is 53.4 Å². The second kappa shape index (κ2) is 11.1. The molecule has 1 aliphatic rings. The number of carbonyl (C=O) groups excluding carboxylic acids is 2. The van der Waals surface area contributed by atoms with Crippen LogP contribution in [0.1, 0.15) is 58.9 Å². The van der Waals surface area contributed by atoms with Crippen LogP contribution in [-0.4, -0.2) is 23.4 Å². The monoisotopic (exact) mass is 401 g/mol. The van der Waals surface area contributed by atoms with Gasteiger partial charge in [-0.2, -0.15) is 0 Å². The molecule has 0 amide bonds. The van der Waals surface area contributed by atoms with E-state index in [1.54, 1.807) is 6.92 Å². The molecule has 1 aromatic rings. The van der Waals surface area contributed by atoms with Crippen LogP contribution in [0.4, 0.5) is 0 Å². The van der Waals surface area contributed by atoms with E-state index >= 15 is 0 Å². The zero-order valence-corrected chi connectivity index (χ0v) is 18.2. The smallest absolute Gasteiger partial charge is 0.336 e. The highest BCUT2D eigenvalue weighted by Crippen LogP contribution is 2.39. The Hall–Kier alpha value is -2.01. The Morgan fingerprint density at radius 2 is 1.79 bits per heavy atom. The molecule has 0 aliphatic carbocycles. The Morgan fingerprint density at radius 3 is 2.36 bits per heavy atom. The van der Waals surface area contributed by atoms with Crippen molar-refractivity contribution in [1.82, 2.24) is 5.32 Å². The molecule has 1 unspecified atom stereocenters. The van der Waals surface area contributed by atoms with Gasteiger partial charge >= 0.3 is 5.97 Å². The first-order valence-corrected chi connectivity index (χ1v) is 11.2. The number of esters is 1. The summed E-state index contributed by atoms with van der Waals surface area (Å²) >= 11 is 1.31. The Labute approximate surface area is 172 Å². The molecule has 0 fully saturated rings. The quantitative estimate of drug-likeness (QED) is 0.568. The number of dihydropyridines is 1. The minimum atomic E-state index is -0.345. The Kier molecular flexibility index (Phi) is 8.84. The molecule has 1 aliphatic heterocycles. The highest BCUT2D eigenvalue weighted by Gasteiger charge is 2.37. The number of hydrogen-bond donors (Lipinski definition) is 1. The first kappa shape index (κ1) is 22.3.